The Morgan fingerprint density at radius 1 is 1.24 bits per heavy atom. The number of halogens is 1. The molecule has 8 heteroatoms. The summed E-state index contributed by atoms with van der Waals surface area (Å²) in [5.41, 5.74) is 1.36. The summed E-state index contributed by atoms with van der Waals surface area (Å²) in [6, 6.07) is 5.73. The highest BCUT2D eigenvalue weighted by Crippen LogP contribution is 2.39. The van der Waals surface area contributed by atoms with Crippen LogP contribution < -0.4 is 0 Å². The molecule has 6 nitrogen and oxygen atoms in total. The van der Waals surface area contributed by atoms with Gasteiger partial charge in [-0.3, -0.25) is 9.48 Å². The molecule has 4 rings (SSSR count). The molecule has 1 aromatic carbocycles. The molecule has 2 bridgehead atoms. The SMILES string of the molecule is Cn1nc2cc(Br)ccc2c1C(=O)N1C2CCC1CC(S(C)(=O)=O)C2. The molecule has 0 spiro atoms. The average molecular weight is 426 g/mol. The van der Waals surface area contributed by atoms with Gasteiger partial charge < -0.3 is 4.90 Å². The van der Waals surface area contributed by atoms with Crippen LogP contribution >= 0.6 is 15.9 Å². The van der Waals surface area contributed by atoms with Crippen molar-refractivity contribution < 1.29 is 13.2 Å². The number of fused-ring (bicyclic) bond motifs is 3. The third-order valence-electron chi connectivity index (χ3n) is 5.53. The van der Waals surface area contributed by atoms with Gasteiger partial charge in [0.1, 0.15) is 15.5 Å². The Labute approximate surface area is 155 Å². The zero-order chi connectivity index (χ0) is 17.9. The number of amides is 1. The summed E-state index contributed by atoms with van der Waals surface area (Å²) < 4.78 is 26.5. The summed E-state index contributed by atoms with van der Waals surface area (Å²) >= 11 is 3.43. The van der Waals surface area contributed by atoms with Gasteiger partial charge in [-0.25, -0.2) is 8.42 Å². The third-order valence-corrected chi connectivity index (χ3v) is 7.62. The van der Waals surface area contributed by atoms with E-state index in [1.807, 2.05) is 23.1 Å². The van der Waals surface area contributed by atoms with E-state index < -0.39 is 9.84 Å². The van der Waals surface area contributed by atoms with Crippen LogP contribution in [0.2, 0.25) is 0 Å². The second kappa shape index (κ2) is 5.81. The fourth-order valence-electron chi connectivity index (χ4n) is 4.36. The number of benzene rings is 1. The van der Waals surface area contributed by atoms with Gasteiger partial charge in [-0.2, -0.15) is 5.10 Å². The molecular weight excluding hydrogens is 406 g/mol. The number of hydrogen-bond donors (Lipinski definition) is 0. The summed E-state index contributed by atoms with van der Waals surface area (Å²) in [4.78, 5) is 15.2. The summed E-state index contributed by atoms with van der Waals surface area (Å²) in [7, 11) is -1.28. The summed E-state index contributed by atoms with van der Waals surface area (Å²) in [5.74, 6) is -0.0354. The van der Waals surface area contributed by atoms with Crippen LogP contribution in [0.5, 0.6) is 0 Å². The lowest BCUT2D eigenvalue weighted by Gasteiger charge is -2.38. The fourth-order valence-corrected chi connectivity index (χ4v) is 5.85. The van der Waals surface area contributed by atoms with Crippen LogP contribution in [-0.2, 0) is 16.9 Å². The van der Waals surface area contributed by atoms with Crippen LogP contribution in [0, 0.1) is 0 Å². The lowest BCUT2D eigenvalue weighted by molar-refractivity contribution is 0.0589. The van der Waals surface area contributed by atoms with Gasteiger partial charge in [0, 0.05) is 35.2 Å². The number of aromatic nitrogens is 2. The van der Waals surface area contributed by atoms with Gasteiger partial charge in [-0.15, -0.1) is 0 Å². The van der Waals surface area contributed by atoms with E-state index >= 15 is 0 Å². The lowest BCUT2D eigenvalue weighted by Crippen LogP contribution is -2.50. The molecule has 0 saturated carbocycles. The summed E-state index contributed by atoms with van der Waals surface area (Å²) in [5, 5.41) is 4.97. The number of piperidine rings is 1. The molecule has 1 amide bonds. The zero-order valence-corrected chi connectivity index (χ0v) is 16.5. The maximum absolute atomic E-state index is 13.3. The van der Waals surface area contributed by atoms with E-state index in [9.17, 15) is 13.2 Å². The minimum Gasteiger partial charge on any atom is -0.331 e. The van der Waals surface area contributed by atoms with E-state index in [4.69, 9.17) is 0 Å². The predicted molar refractivity (Wildman–Crippen MR) is 99.3 cm³/mol. The van der Waals surface area contributed by atoms with Crippen molar-refractivity contribution in [2.45, 2.75) is 43.0 Å². The number of rotatable bonds is 2. The molecule has 0 N–H and O–H groups in total. The largest absolute Gasteiger partial charge is 0.331 e. The minimum atomic E-state index is -3.06. The Kier molecular flexibility index (Phi) is 3.95. The highest BCUT2D eigenvalue weighted by atomic mass is 79.9. The Morgan fingerprint density at radius 3 is 2.48 bits per heavy atom. The van der Waals surface area contributed by atoms with Gasteiger partial charge in [-0.05, 0) is 43.9 Å². The molecule has 2 unspecified atom stereocenters. The van der Waals surface area contributed by atoms with E-state index in [2.05, 4.69) is 21.0 Å². The lowest BCUT2D eigenvalue weighted by atomic mass is 10.0. The number of hydrogen-bond acceptors (Lipinski definition) is 4. The first-order valence-corrected chi connectivity index (χ1v) is 11.1. The van der Waals surface area contributed by atoms with E-state index in [1.54, 1.807) is 11.7 Å². The maximum Gasteiger partial charge on any atom is 0.273 e. The number of carbonyl (C=O) groups excluding carboxylic acids is 1. The number of aryl methyl sites for hydroxylation is 1. The molecule has 2 aliphatic rings. The molecular formula is C17H20BrN3O3S. The predicted octanol–water partition coefficient (Wildman–Crippen LogP) is 2.52. The molecule has 2 saturated heterocycles. The summed E-state index contributed by atoms with van der Waals surface area (Å²) in [6.07, 6.45) is 4.15. The average Bonchev–Trinajstić information content (AvgIpc) is 2.97. The van der Waals surface area contributed by atoms with Crippen molar-refractivity contribution in [2.24, 2.45) is 7.05 Å². The molecule has 1 aromatic heterocycles. The van der Waals surface area contributed by atoms with Gasteiger partial charge in [0.2, 0.25) is 0 Å². The molecule has 2 aliphatic heterocycles. The van der Waals surface area contributed by atoms with E-state index in [1.165, 1.54) is 6.26 Å². The standard InChI is InChI=1S/C17H20BrN3O3S/c1-20-16(14-6-3-10(18)7-15(14)19-20)17(22)21-11-4-5-12(21)9-13(8-11)25(2,23)24/h3,6-7,11-13H,4-5,8-9H2,1-2H3. The van der Waals surface area contributed by atoms with Gasteiger partial charge in [-0.1, -0.05) is 15.9 Å². The number of sulfone groups is 1. The van der Waals surface area contributed by atoms with E-state index in [-0.39, 0.29) is 23.2 Å². The highest BCUT2D eigenvalue weighted by molar-refractivity contribution is 9.10. The molecule has 0 radical (unpaired) electrons. The van der Waals surface area contributed by atoms with Gasteiger partial charge >= 0.3 is 0 Å². The van der Waals surface area contributed by atoms with Crippen LogP contribution in [0.15, 0.2) is 22.7 Å². The zero-order valence-electron chi connectivity index (χ0n) is 14.1. The Hall–Kier alpha value is -1.41. The number of nitrogens with zero attached hydrogens (tertiary/aromatic N) is 3. The molecule has 3 heterocycles. The van der Waals surface area contributed by atoms with E-state index in [0.717, 1.165) is 28.2 Å². The first-order valence-electron chi connectivity index (χ1n) is 8.39. The third kappa shape index (κ3) is 2.79. The maximum atomic E-state index is 13.3. The quantitative estimate of drug-likeness (QED) is 0.740. The molecule has 2 fully saturated rings. The van der Waals surface area contributed by atoms with Gasteiger partial charge in [0.15, 0.2) is 0 Å². The van der Waals surface area contributed by atoms with Gasteiger partial charge in [0.05, 0.1) is 10.8 Å². The first-order chi connectivity index (χ1) is 11.8. The Balaban J connectivity index is 1.70. The van der Waals surface area contributed by atoms with Crippen molar-refractivity contribution in [1.82, 2.24) is 14.7 Å². The van der Waals surface area contributed by atoms with Crippen LogP contribution in [0.3, 0.4) is 0 Å². The summed E-state index contributed by atoms with van der Waals surface area (Å²) in [6.45, 7) is 0. The van der Waals surface area contributed by atoms with Crippen LogP contribution in [0.4, 0.5) is 0 Å². The monoisotopic (exact) mass is 425 g/mol. The van der Waals surface area contributed by atoms with Crippen LogP contribution in [0.1, 0.15) is 36.2 Å². The molecule has 2 atom stereocenters. The molecule has 0 aliphatic carbocycles. The highest BCUT2D eigenvalue weighted by Gasteiger charge is 2.46. The minimum absolute atomic E-state index is 0.00590. The Bertz CT molecular complexity index is 955. The van der Waals surface area contributed by atoms with Crippen molar-refractivity contribution in [1.29, 1.82) is 0 Å². The van der Waals surface area contributed by atoms with Crippen LogP contribution in [-0.4, -0.2) is 52.6 Å². The normalized spacial score (nSPS) is 26.4. The topological polar surface area (TPSA) is 72.3 Å². The van der Waals surface area contributed by atoms with E-state index in [0.29, 0.717) is 18.5 Å². The van der Waals surface area contributed by atoms with Crippen molar-refractivity contribution >= 4 is 42.6 Å². The second-order valence-corrected chi connectivity index (χ2v) is 10.4. The fraction of sp³-hybridized carbons (Fsp3) is 0.529. The van der Waals surface area contributed by atoms with Crippen molar-refractivity contribution in [3.05, 3.63) is 28.4 Å². The first kappa shape index (κ1) is 17.0. The van der Waals surface area contributed by atoms with Crippen LogP contribution in [0.25, 0.3) is 10.9 Å². The molecule has 2 aromatic rings. The van der Waals surface area contributed by atoms with Crippen molar-refractivity contribution in [3.63, 3.8) is 0 Å². The second-order valence-electron chi connectivity index (χ2n) is 7.15. The van der Waals surface area contributed by atoms with Gasteiger partial charge in [0.25, 0.3) is 5.91 Å². The van der Waals surface area contributed by atoms with Crippen molar-refractivity contribution in [3.8, 4) is 0 Å². The smallest absolute Gasteiger partial charge is 0.273 e. The Morgan fingerprint density at radius 2 is 1.88 bits per heavy atom. The molecule has 134 valence electrons. The number of carbonyl (C=O) groups is 1. The van der Waals surface area contributed by atoms with Crippen molar-refractivity contribution in [2.75, 3.05) is 6.26 Å². The molecule has 25 heavy (non-hydrogen) atoms.